The summed E-state index contributed by atoms with van der Waals surface area (Å²) in [5.74, 6) is 0.667. The van der Waals surface area contributed by atoms with Crippen molar-refractivity contribution in [3.8, 4) is 0 Å². The summed E-state index contributed by atoms with van der Waals surface area (Å²) < 4.78 is 0. The number of aliphatic hydroxyl groups excluding tert-OH is 1. The molecule has 2 rings (SSSR count). The van der Waals surface area contributed by atoms with Gasteiger partial charge in [-0.25, -0.2) is 0 Å². The van der Waals surface area contributed by atoms with E-state index in [4.69, 9.17) is 11.6 Å². The summed E-state index contributed by atoms with van der Waals surface area (Å²) in [7, 11) is 0. The molecule has 0 heterocycles. The van der Waals surface area contributed by atoms with Gasteiger partial charge in [0.1, 0.15) is 0 Å². The summed E-state index contributed by atoms with van der Waals surface area (Å²) in [4.78, 5) is 0. The fraction of sp³-hybridized carbons (Fsp3) is 0.500. The fourth-order valence-corrected chi connectivity index (χ4v) is 2.83. The van der Waals surface area contributed by atoms with Gasteiger partial charge in [0.15, 0.2) is 0 Å². The summed E-state index contributed by atoms with van der Waals surface area (Å²) >= 11 is 5.85. The van der Waals surface area contributed by atoms with Gasteiger partial charge in [0.25, 0.3) is 0 Å². The highest BCUT2D eigenvalue weighted by Gasteiger charge is 2.16. The minimum Gasteiger partial charge on any atom is -0.384 e. The van der Waals surface area contributed by atoms with Crippen LogP contribution in [0.4, 0.5) is 0 Å². The van der Waals surface area contributed by atoms with Crippen LogP contribution in [0.15, 0.2) is 35.9 Å². The number of hydrogen-bond donors (Lipinski definition) is 1. The number of hydrogen-bond acceptors (Lipinski definition) is 1. The van der Waals surface area contributed by atoms with E-state index in [-0.39, 0.29) is 0 Å². The van der Waals surface area contributed by atoms with Crippen molar-refractivity contribution in [3.05, 3.63) is 46.5 Å². The number of rotatable bonds is 3. The van der Waals surface area contributed by atoms with Gasteiger partial charge in [-0.1, -0.05) is 54.6 Å². The van der Waals surface area contributed by atoms with Crippen LogP contribution in [0.1, 0.15) is 50.7 Å². The van der Waals surface area contributed by atoms with Crippen LogP contribution in [-0.4, -0.2) is 5.11 Å². The van der Waals surface area contributed by atoms with Crippen molar-refractivity contribution in [2.24, 2.45) is 5.92 Å². The van der Waals surface area contributed by atoms with Gasteiger partial charge in [-0.15, -0.1) is 0 Å². The molecule has 2 heteroatoms. The summed E-state index contributed by atoms with van der Waals surface area (Å²) in [6.45, 7) is 2.15. The number of allylic oxidation sites excluding steroid dienone is 1. The maximum absolute atomic E-state index is 10.2. The molecule has 0 aliphatic heterocycles. The Balaban J connectivity index is 2.04. The molecule has 0 saturated heterocycles. The molecule has 1 nitrogen and oxygen atoms in total. The second kappa shape index (κ2) is 6.40. The van der Waals surface area contributed by atoms with Crippen LogP contribution in [0.5, 0.6) is 0 Å². The lowest BCUT2D eigenvalue weighted by Crippen LogP contribution is -2.08. The van der Waals surface area contributed by atoms with Crippen molar-refractivity contribution >= 4 is 11.6 Å². The average Bonchev–Trinajstić information content (AvgIpc) is 2.40. The highest BCUT2D eigenvalue weighted by Crippen LogP contribution is 2.31. The summed E-state index contributed by atoms with van der Waals surface area (Å²) in [5.41, 5.74) is 2.24. The minimum atomic E-state index is -0.510. The lowest BCUT2D eigenvalue weighted by Gasteiger charge is -2.23. The van der Waals surface area contributed by atoms with Gasteiger partial charge in [0.2, 0.25) is 0 Å². The van der Waals surface area contributed by atoms with E-state index in [0.717, 1.165) is 5.56 Å². The molecule has 1 N–H and O–H groups in total. The second-order valence-corrected chi connectivity index (χ2v) is 5.68. The quantitative estimate of drug-likeness (QED) is 0.770. The van der Waals surface area contributed by atoms with Crippen LogP contribution in [0.2, 0.25) is 5.02 Å². The number of halogens is 1. The largest absolute Gasteiger partial charge is 0.384 e. The van der Waals surface area contributed by atoms with Gasteiger partial charge in [-0.05, 0) is 43.4 Å². The Bertz CT molecular complexity index is 402. The van der Waals surface area contributed by atoms with E-state index in [0.29, 0.717) is 10.9 Å². The van der Waals surface area contributed by atoms with Gasteiger partial charge >= 0.3 is 0 Å². The van der Waals surface area contributed by atoms with Crippen molar-refractivity contribution < 1.29 is 5.11 Å². The molecule has 1 aromatic carbocycles. The first-order valence-corrected chi connectivity index (χ1v) is 7.16. The fourth-order valence-electron chi connectivity index (χ4n) is 2.70. The number of benzene rings is 1. The molecule has 1 atom stereocenters. The van der Waals surface area contributed by atoms with Crippen LogP contribution in [0, 0.1) is 5.92 Å². The van der Waals surface area contributed by atoms with Crippen molar-refractivity contribution in [3.63, 3.8) is 0 Å². The van der Waals surface area contributed by atoms with Crippen molar-refractivity contribution in [2.75, 3.05) is 0 Å². The zero-order valence-electron chi connectivity index (χ0n) is 10.9. The Morgan fingerprint density at radius 2 is 1.83 bits per heavy atom. The van der Waals surface area contributed by atoms with Crippen LogP contribution in [-0.2, 0) is 0 Å². The molecule has 1 fully saturated rings. The lowest BCUT2D eigenvalue weighted by molar-refractivity contribution is 0.226. The third kappa shape index (κ3) is 3.60. The zero-order chi connectivity index (χ0) is 13.0. The van der Waals surface area contributed by atoms with Gasteiger partial charge in [0.05, 0.1) is 6.10 Å². The predicted molar refractivity (Wildman–Crippen MR) is 76.7 cm³/mol. The highest BCUT2D eigenvalue weighted by molar-refractivity contribution is 6.30. The molecule has 98 valence electrons. The van der Waals surface area contributed by atoms with E-state index in [9.17, 15) is 5.11 Å². The second-order valence-electron chi connectivity index (χ2n) is 5.24. The summed E-state index contributed by atoms with van der Waals surface area (Å²) in [5, 5.41) is 10.9. The van der Waals surface area contributed by atoms with Crippen molar-refractivity contribution in [1.82, 2.24) is 0 Å². The average molecular weight is 265 g/mol. The molecule has 0 unspecified atom stereocenters. The topological polar surface area (TPSA) is 20.2 Å². The molecule has 0 spiro atoms. The SMILES string of the molecule is C/C(=C\[C@H](O)c1ccc(Cl)cc1)C1CCCCC1. The maximum atomic E-state index is 10.2. The Morgan fingerprint density at radius 3 is 2.44 bits per heavy atom. The van der Waals surface area contributed by atoms with Crippen LogP contribution in [0.3, 0.4) is 0 Å². The molecular weight excluding hydrogens is 244 g/mol. The molecule has 0 bridgehead atoms. The molecule has 1 aliphatic carbocycles. The molecular formula is C16H21ClO. The van der Waals surface area contributed by atoms with Crippen LogP contribution in [0.25, 0.3) is 0 Å². The van der Waals surface area contributed by atoms with Crippen LogP contribution >= 0.6 is 11.6 Å². The predicted octanol–water partition coefficient (Wildman–Crippen LogP) is 4.90. The van der Waals surface area contributed by atoms with Gasteiger partial charge < -0.3 is 5.11 Å². The van der Waals surface area contributed by atoms with E-state index in [1.165, 1.54) is 37.7 Å². The van der Waals surface area contributed by atoms with E-state index in [2.05, 4.69) is 6.92 Å². The Morgan fingerprint density at radius 1 is 1.22 bits per heavy atom. The van der Waals surface area contributed by atoms with Crippen molar-refractivity contribution in [2.45, 2.75) is 45.1 Å². The van der Waals surface area contributed by atoms with Crippen molar-refractivity contribution in [1.29, 1.82) is 0 Å². The minimum absolute atomic E-state index is 0.510. The highest BCUT2D eigenvalue weighted by atomic mass is 35.5. The lowest BCUT2D eigenvalue weighted by atomic mass is 9.83. The third-order valence-electron chi connectivity index (χ3n) is 3.88. The molecule has 0 amide bonds. The Labute approximate surface area is 114 Å². The molecule has 18 heavy (non-hydrogen) atoms. The molecule has 1 aliphatic rings. The molecule has 0 radical (unpaired) electrons. The maximum Gasteiger partial charge on any atom is 0.0974 e. The van der Waals surface area contributed by atoms with Gasteiger partial charge in [-0.2, -0.15) is 0 Å². The zero-order valence-corrected chi connectivity index (χ0v) is 11.7. The standard InChI is InChI=1S/C16H21ClO/c1-12(13-5-3-2-4-6-13)11-16(18)14-7-9-15(17)10-8-14/h7-11,13,16,18H,2-6H2,1H3/b12-11+/t16-/m0/s1. The molecule has 1 saturated carbocycles. The molecule has 1 aromatic rings. The summed E-state index contributed by atoms with van der Waals surface area (Å²) in [6.07, 6.45) is 8.05. The van der Waals surface area contributed by atoms with E-state index < -0.39 is 6.10 Å². The summed E-state index contributed by atoms with van der Waals surface area (Å²) in [6, 6.07) is 7.42. The van der Waals surface area contributed by atoms with E-state index >= 15 is 0 Å². The Hall–Kier alpha value is -0.790. The third-order valence-corrected chi connectivity index (χ3v) is 4.13. The Kier molecular flexibility index (Phi) is 4.85. The molecule has 0 aromatic heterocycles. The van der Waals surface area contributed by atoms with Crippen LogP contribution < -0.4 is 0 Å². The van der Waals surface area contributed by atoms with Gasteiger partial charge in [0, 0.05) is 5.02 Å². The van der Waals surface area contributed by atoms with E-state index in [1.807, 2.05) is 30.3 Å². The monoisotopic (exact) mass is 264 g/mol. The smallest absolute Gasteiger partial charge is 0.0974 e. The number of aliphatic hydroxyl groups is 1. The first-order chi connectivity index (χ1) is 8.66. The van der Waals surface area contributed by atoms with E-state index in [1.54, 1.807) is 0 Å². The first-order valence-electron chi connectivity index (χ1n) is 6.78. The normalized spacial score (nSPS) is 19.8. The van der Waals surface area contributed by atoms with Gasteiger partial charge in [-0.3, -0.25) is 0 Å². The first kappa shape index (κ1) is 13.6.